The summed E-state index contributed by atoms with van der Waals surface area (Å²) < 4.78 is 22.2. The number of hydrogen-bond donors (Lipinski definition) is 2. The molecule has 2 aromatic heterocycles. The predicted octanol–water partition coefficient (Wildman–Crippen LogP) is 3.34. The lowest BCUT2D eigenvalue weighted by atomic mass is 9.96. The van der Waals surface area contributed by atoms with Crippen LogP contribution in [0.4, 0.5) is 34.8 Å². The van der Waals surface area contributed by atoms with Crippen LogP contribution in [0.2, 0.25) is 0 Å². The average Bonchev–Trinajstić information content (AvgIpc) is 3.22. The van der Waals surface area contributed by atoms with Gasteiger partial charge < -0.3 is 25.0 Å². The zero-order chi connectivity index (χ0) is 29.4. The Kier molecular flexibility index (Phi) is 7.85. The van der Waals surface area contributed by atoms with Crippen LogP contribution in [0, 0.1) is 0 Å². The van der Waals surface area contributed by atoms with Gasteiger partial charge in [-0.15, -0.1) is 6.58 Å². The fraction of sp³-hybridized carbons (Fsp3) is 0.414. The van der Waals surface area contributed by atoms with Crippen molar-refractivity contribution in [1.29, 1.82) is 0 Å². The number of rotatable bonds is 7. The lowest BCUT2D eigenvalue weighted by Gasteiger charge is -2.35. The zero-order valence-electron chi connectivity index (χ0n) is 24.2. The molecule has 5 heterocycles. The van der Waals surface area contributed by atoms with Gasteiger partial charge in [-0.1, -0.05) is 12.1 Å². The molecule has 0 saturated carbocycles. The van der Waals surface area contributed by atoms with Gasteiger partial charge in [0.2, 0.25) is 5.95 Å². The van der Waals surface area contributed by atoms with Crippen molar-refractivity contribution in [2.24, 2.45) is 4.36 Å². The van der Waals surface area contributed by atoms with Crippen LogP contribution in [0.3, 0.4) is 0 Å². The minimum atomic E-state index is -2.41. The molecule has 222 valence electrons. The summed E-state index contributed by atoms with van der Waals surface area (Å²) >= 11 is 0. The summed E-state index contributed by atoms with van der Waals surface area (Å²) in [5.41, 5.74) is 5.36. The van der Waals surface area contributed by atoms with E-state index in [1.54, 1.807) is 53.0 Å². The number of anilines is 5. The third-order valence-corrected chi connectivity index (χ3v) is 8.12. The minimum Gasteiger partial charge on any atom is -0.378 e. The van der Waals surface area contributed by atoms with Crippen molar-refractivity contribution < 1.29 is 14.1 Å². The van der Waals surface area contributed by atoms with E-state index in [1.165, 1.54) is 16.8 Å². The van der Waals surface area contributed by atoms with Crippen molar-refractivity contribution in [2.45, 2.75) is 19.2 Å². The number of aromatic nitrogens is 3. The van der Waals surface area contributed by atoms with E-state index < -0.39 is 16.0 Å². The van der Waals surface area contributed by atoms with Crippen molar-refractivity contribution in [1.82, 2.24) is 24.9 Å². The molecule has 2 N–H and O–H groups in total. The second-order valence-corrected chi connectivity index (χ2v) is 13.6. The smallest absolute Gasteiger partial charge is 0.229 e. The van der Waals surface area contributed by atoms with E-state index in [0.29, 0.717) is 35.5 Å². The van der Waals surface area contributed by atoms with E-state index in [1.807, 2.05) is 0 Å². The molecule has 3 aliphatic heterocycles. The summed E-state index contributed by atoms with van der Waals surface area (Å²) in [6.07, 6.45) is 6.47. The molecule has 0 bridgehead atoms. The van der Waals surface area contributed by atoms with Crippen molar-refractivity contribution in [3.63, 3.8) is 0 Å². The quantitative estimate of drug-likeness (QED) is 0.393. The number of likely N-dealkylation sites (N-methyl/N-ethyl adjacent to an activating group) is 1. The first kappa shape index (κ1) is 28.5. The Labute approximate surface area is 246 Å². The van der Waals surface area contributed by atoms with Crippen LogP contribution in [0.5, 0.6) is 0 Å². The summed E-state index contributed by atoms with van der Waals surface area (Å²) in [6.45, 7) is 9.25. The Morgan fingerprint density at radius 1 is 1.21 bits per heavy atom. The van der Waals surface area contributed by atoms with Crippen LogP contribution >= 0.6 is 0 Å². The third kappa shape index (κ3) is 5.83. The second kappa shape index (κ2) is 11.6. The van der Waals surface area contributed by atoms with Crippen LogP contribution in [-0.2, 0) is 27.4 Å². The highest BCUT2D eigenvalue weighted by Gasteiger charge is 2.38. The standard InChI is InChI=1S/C29H37N9O3S/c1-5-10-37-28(39)23-18-30-29(33-27(23)38(37)26-8-6-7-25(32-26)34-42(3,4)40)31-21-16-20-19-35(2)11-9-22(20)24(17-21)36-12-14-41-15-13-36/h5-8,16-18,28,39H,1,9-15,19H2,2-4H3,(H,30,31,33). The normalized spacial score (nSPS) is 19.4. The molecule has 0 amide bonds. The Morgan fingerprint density at radius 3 is 2.79 bits per heavy atom. The number of aliphatic hydroxyl groups excluding tert-OH is 1. The van der Waals surface area contributed by atoms with Gasteiger partial charge in [-0.2, -0.15) is 14.4 Å². The molecular weight excluding hydrogens is 554 g/mol. The maximum Gasteiger partial charge on any atom is 0.229 e. The molecule has 1 atom stereocenters. The van der Waals surface area contributed by atoms with Crippen molar-refractivity contribution in [2.75, 3.05) is 74.2 Å². The Bertz CT molecular complexity index is 1610. The van der Waals surface area contributed by atoms with Gasteiger partial charge in [-0.25, -0.2) is 19.2 Å². The molecule has 0 radical (unpaired) electrons. The van der Waals surface area contributed by atoms with Crippen molar-refractivity contribution in [3.05, 3.63) is 65.9 Å². The maximum atomic E-state index is 12.3. The number of aliphatic hydroxyl groups is 1. The topological polar surface area (TPSA) is 123 Å². The lowest BCUT2D eigenvalue weighted by molar-refractivity contribution is 0.0247. The van der Waals surface area contributed by atoms with Crippen molar-refractivity contribution in [3.8, 4) is 0 Å². The van der Waals surface area contributed by atoms with Gasteiger partial charge in [0.05, 0.1) is 18.8 Å². The molecular formula is C29H37N9O3S. The summed E-state index contributed by atoms with van der Waals surface area (Å²) in [4.78, 5) is 18.8. The monoisotopic (exact) mass is 591 g/mol. The number of benzene rings is 1. The molecule has 3 aliphatic rings. The zero-order valence-corrected chi connectivity index (χ0v) is 25.0. The first-order chi connectivity index (χ1) is 20.2. The molecule has 3 aromatic rings. The highest BCUT2D eigenvalue weighted by atomic mass is 32.2. The Hall–Kier alpha value is -3.62. The molecule has 1 unspecified atom stereocenters. The second-order valence-electron chi connectivity index (χ2n) is 11.0. The molecule has 1 aromatic carbocycles. The van der Waals surface area contributed by atoms with Gasteiger partial charge >= 0.3 is 0 Å². The molecule has 12 nitrogen and oxygen atoms in total. The number of pyridine rings is 1. The third-order valence-electron chi connectivity index (χ3n) is 7.49. The molecule has 0 spiro atoms. The van der Waals surface area contributed by atoms with Crippen molar-refractivity contribution >= 4 is 44.5 Å². The van der Waals surface area contributed by atoms with E-state index >= 15 is 0 Å². The number of nitrogens with one attached hydrogen (secondary N) is 1. The predicted molar refractivity (Wildman–Crippen MR) is 165 cm³/mol. The van der Waals surface area contributed by atoms with E-state index in [4.69, 9.17) is 9.72 Å². The average molecular weight is 592 g/mol. The highest BCUT2D eigenvalue weighted by Crippen LogP contribution is 2.42. The Morgan fingerprint density at radius 2 is 2.02 bits per heavy atom. The summed E-state index contributed by atoms with van der Waals surface area (Å²) in [6, 6.07) is 9.66. The van der Waals surface area contributed by atoms with E-state index in [2.05, 4.69) is 55.2 Å². The first-order valence-electron chi connectivity index (χ1n) is 14.0. The number of hydrazine groups is 1. The number of fused-ring (bicyclic) bond motifs is 2. The fourth-order valence-electron chi connectivity index (χ4n) is 5.65. The van der Waals surface area contributed by atoms with Gasteiger partial charge in [-0.05, 0) is 48.9 Å². The number of morpholine rings is 1. The molecule has 6 rings (SSSR count). The van der Waals surface area contributed by atoms with Crippen LogP contribution in [-0.4, -0.2) is 93.1 Å². The van der Waals surface area contributed by atoms with Gasteiger partial charge in [0.25, 0.3) is 0 Å². The maximum absolute atomic E-state index is 12.3. The summed E-state index contributed by atoms with van der Waals surface area (Å²) in [5, 5.41) is 18.1. The molecule has 1 saturated heterocycles. The molecule has 42 heavy (non-hydrogen) atoms. The van der Waals surface area contributed by atoms with Crippen LogP contribution in [0.25, 0.3) is 0 Å². The minimum absolute atomic E-state index is 0.336. The largest absolute Gasteiger partial charge is 0.378 e. The summed E-state index contributed by atoms with van der Waals surface area (Å²) in [5.74, 6) is 1.71. The van der Waals surface area contributed by atoms with E-state index in [9.17, 15) is 9.32 Å². The van der Waals surface area contributed by atoms with Crippen LogP contribution in [0.15, 0.2) is 53.5 Å². The fourth-order valence-corrected chi connectivity index (χ4v) is 6.20. The van der Waals surface area contributed by atoms with E-state index in [0.717, 1.165) is 51.5 Å². The van der Waals surface area contributed by atoms with Crippen LogP contribution in [0.1, 0.15) is 22.9 Å². The first-order valence-corrected chi connectivity index (χ1v) is 16.3. The lowest BCUT2D eigenvalue weighted by Crippen LogP contribution is -2.38. The number of ether oxygens (including phenoxy) is 1. The number of hydrogen-bond acceptors (Lipinski definition) is 12. The van der Waals surface area contributed by atoms with Gasteiger partial charge in [0.1, 0.15) is 0 Å². The Balaban J connectivity index is 1.38. The van der Waals surface area contributed by atoms with E-state index in [-0.39, 0.29) is 0 Å². The molecule has 13 heteroatoms. The molecule has 1 fully saturated rings. The van der Waals surface area contributed by atoms with Gasteiger partial charge in [0, 0.05) is 72.5 Å². The summed E-state index contributed by atoms with van der Waals surface area (Å²) in [7, 11) is -0.266. The van der Waals surface area contributed by atoms with Gasteiger partial charge in [0.15, 0.2) is 23.7 Å². The van der Waals surface area contributed by atoms with Gasteiger partial charge in [-0.3, -0.25) is 0 Å². The molecule has 0 aliphatic carbocycles. The SMILES string of the molecule is C=CCN1C(O)c2cnc(Nc3cc4c(c(N5CCOCC5)c3)CCN(C)C4)nc2N1c1cccc(N=S(C)(C)=O)n1. The van der Waals surface area contributed by atoms with Crippen LogP contribution < -0.4 is 15.2 Å². The number of nitrogens with zero attached hydrogens (tertiary/aromatic N) is 8. The highest BCUT2D eigenvalue weighted by molar-refractivity contribution is 7.92.